The van der Waals surface area contributed by atoms with Crippen LogP contribution in [-0.4, -0.2) is 29.2 Å². The molecule has 0 aliphatic heterocycles. The Kier molecular flexibility index (Phi) is 4.76. The molecule has 1 aromatic heterocycles. The number of hydrogen-bond donors (Lipinski definition) is 1. The van der Waals surface area contributed by atoms with Crippen molar-refractivity contribution in [2.45, 2.75) is 19.8 Å². The van der Waals surface area contributed by atoms with Crippen molar-refractivity contribution in [2.75, 3.05) is 13.7 Å². The highest BCUT2D eigenvalue weighted by atomic mass is 16.5. The smallest absolute Gasteiger partial charge is 0.329 e. The van der Waals surface area contributed by atoms with Crippen LogP contribution >= 0.6 is 0 Å². The van der Waals surface area contributed by atoms with Gasteiger partial charge in [0, 0.05) is 12.7 Å². The van der Waals surface area contributed by atoms with Gasteiger partial charge in [0.15, 0.2) is 0 Å². The Hall–Kier alpha value is -2.30. The van der Waals surface area contributed by atoms with E-state index >= 15 is 0 Å². The Morgan fingerprint density at radius 3 is 2.80 bits per heavy atom. The zero-order valence-corrected chi connectivity index (χ0v) is 11.8. The SMILES string of the molecule is COc1nc(C)cn1C(=O)NCCCc1ccccc1. The zero-order valence-electron chi connectivity index (χ0n) is 11.8. The molecule has 0 atom stereocenters. The third-order valence-electron chi connectivity index (χ3n) is 2.96. The van der Waals surface area contributed by atoms with Gasteiger partial charge in [0.1, 0.15) is 0 Å². The Bertz CT molecular complexity index is 564. The third-order valence-corrected chi connectivity index (χ3v) is 2.96. The van der Waals surface area contributed by atoms with E-state index in [4.69, 9.17) is 4.74 Å². The van der Waals surface area contributed by atoms with E-state index in [1.165, 1.54) is 17.2 Å². The zero-order chi connectivity index (χ0) is 14.4. The Balaban J connectivity index is 1.80. The van der Waals surface area contributed by atoms with Gasteiger partial charge in [-0.25, -0.2) is 14.3 Å². The number of hydrogen-bond acceptors (Lipinski definition) is 3. The number of rotatable bonds is 5. The van der Waals surface area contributed by atoms with Crippen LogP contribution in [0.4, 0.5) is 4.79 Å². The molecule has 5 nitrogen and oxygen atoms in total. The fourth-order valence-electron chi connectivity index (χ4n) is 1.98. The van der Waals surface area contributed by atoms with Gasteiger partial charge in [0.25, 0.3) is 0 Å². The first kappa shape index (κ1) is 14.1. The van der Waals surface area contributed by atoms with Crippen molar-refractivity contribution in [3.63, 3.8) is 0 Å². The number of imidazole rings is 1. The first-order valence-corrected chi connectivity index (χ1v) is 6.63. The lowest BCUT2D eigenvalue weighted by Gasteiger charge is -2.07. The molecule has 20 heavy (non-hydrogen) atoms. The van der Waals surface area contributed by atoms with E-state index in [1.807, 2.05) is 25.1 Å². The summed E-state index contributed by atoms with van der Waals surface area (Å²) in [6.07, 6.45) is 3.50. The van der Waals surface area contributed by atoms with Gasteiger partial charge in [-0.05, 0) is 25.3 Å². The number of methoxy groups -OCH3 is 1. The highest BCUT2D eigenvalue weighted by Gasteiger charge is 2.12. The number of aryl methyl sites for hydroxylation is 2. The van der Waals surface area contributed by atoms with Gasteiger partial charge in [0.2, 0.25) is 0 Å². The lowest BCUT2D eigenvalue weighted by molar-refractivity contribution is 0.238. The summed E-state index contributed by atoms with van der Waals surface area (Å²) >= 11 is 0. The van der Waals surface area contributed by atoms with Crippen LogP contribution in [0.3, 0.4) is 0 Å². The third kappa shape index (κ3) is 3.60. The topological polar surface area (TPSA) is 56.2 Å². The second-order valence-corrected chi connectivity index (χ2v) is 4.56. The summed E-state index contributed by atoms with van der Waals surface area (Å²) in [5, 5.41) is 2.86. The lowest BCUT2D eigenvalue weighted by atomic mass is 10.1. The molecule has 1 amide bonds. The first-order valence-electron chi connectivity index (χ1n) is 6.63. The number of aromatic nitrogens is 2. The van der Waals surface area contributed by atoms with Crippen molar-refractivity contribution in [2.24, 2.45) is 0 Å². The second-order valence-electron chi connectivity index (χ2n) is 4.56. The van der Waals surface area contributed by atoms with E-state index in [2.05, 4.69) is 22.4 Å². The molecule has 1 heterocycles. The molecule has 0 aliphatic rings. The molecule has 1 N–H and O–H groups in total. The van der Waals surface area contributed by atoms with Crippen LogP contribution in [-0.2, 0) is 6.42 Å². The number of carbonyl (C=O) groups is 1. The monoisotopic (exact) mass is 273 g/mol. The van der Waals surface area contributed by atoms with Crippen molar-refractivity contribution in [1.29, 1.82) is 0 Å². The molecular weight excluding hydrogens is 254 g/mol. The lowest BCUT2D eigenvalue weighted by Crippen LogP contribution is -2.29. The van der Waals surface area contributed by atoms with Gasteiger partial charge in [-0.1, -0.05) is 30.3 Å². The van der Waals surface area contributed by atoms with Crippen LogP contribution in [0.2, 0.25) is 0 Å². The number of carbonyl (C=O) groups excluding carboxylic acids is 1. The summed E-state index contributed by atoms with van der Waals surface area (Å²) in [5.74, 6) is 0. The molecule has 0 aliphatic carbocycles. The molecule has 2 aromatic rings. The molecule has 0 spiro atoms. The Morgan fingerprint density at radius 1 is 1.35 bits per heavy atom. The number of amides is 1. The van der Waals surface area contributed by atoms with Crippen LogP contribution in [0.1, 0.15) is 17.7 Å². The van der Waals surface area contributed by atoms with E-state index in [1.54, 1.807) is 6.20 Å². The van der Waals surface area contributed by atoms with Gasteiger partial charge in [-0.15, -0.1) is 0 Å². The van der Waals surface area contributed by atoms with E-state index in [0.717, 1.165) is 18.5 Å². The summed E-state index contributed by atoms with van der Waals surface area (Å²) in [6.45, 7) is 2.44. The van der Waals surface area contributed by atoms with E-state index < -0.39 is 0 Å². The predicted molar refractivity (Wildman–Crippen MR) is 77.1 cm³/mol. The molecule has 0 radical (unpaired) electrons. The van der Waals surface area contributed by atoms with Crippen molar-refractivity contribution >= 4 is 6.03 Å². The Labute approximate surface area is 118 Å². The largest absolute Gasteiger partial charge is 0.468 e. The number of benzene rings is 1. The van der Waals surface area contributed by atoms with Crippen molar-refractivity contribution in [3.8, 4) is 6.01 Å². The first-order chi connectivity index (χ1) is 9.70. The summed E-state index contributed by atoms with van der Waals surface area (Å²) in [7, 11) is 1.50. The maximum atomic E-state index is 12.0. The molecule has 0 saturated heterocycles. The van der Waals surface area contributed by atoms with Gasteiger partial charge < -0.3 is 10.1 Å². The molecule has 2 rings (SSSR count). The fraction of sp³-hybridized carbons (Fsp3) is 0.333. The standard InChI is InChI=1S/C15H19N3O2/c1-12-11-18(15(17-12)20-2)14(19)16-10-6-9-13-7-4-3-5-8-13/h3-5,7-8,11H,6,9-10H2,1-2H3,(H,16,19). The Morgan fingerprint density at radius 2 is 2.10 bits per heavy atom. The molecule has 0 bridgehead atoms. The molecule has 1 aromatic carbocycles. The molecule has 0 unspecified atom stereocenters. The minimum Gasteiger partial charge on any atom is -0.468 e. The van der Waals surface area contributed by atoms with Crippen LogP contribution < -0.4 is 10.1 Å². The molecule has 0 saturated carbocycles. The van der Waals surface area contributed by atoms with Crippen molar-refractivity contribution < 1.29 is 9.53 Å². The van der Waals surface area contributed by atoms with Crippen molar-refractivity contribution in [1.82, 2.24) is 14.9 Å². The number of ether oxygens (including phenoxy) is 1. The maximum Gasteiger partial charge on any atom is 0.329 e. The summed E-state index contributed by atoms with van der Waals surface area (Å²) in [4.78, 5) is 16.1. The van der Waals surface area contributed by atoms with Crippen LogP contribution in [0.15, 0.2) is 36.5 Å². The highest BCUT2D eigenvalue weighted by Crippen LogP contribution is 2.09. The van der Waals surface area contributed by atoms with Crippen LogP contribution in [0.25, 0.3) is 0 Å². The average Bonchev–Trinajstić information content (AvgIpc) is 2.86. The molecule has 106 valence electrons. The number of nitrogens with zero attached hydrogens (tertiary/aromatic N) is 2. The maximum absolute atomic E-state index is 12.0. The molecule has 5 heteroatoms. The predicted octanol–water partition coefficient (Wildman–Crippen LogP) is 2.39. The fourth-order valence-corrected chi connectivity index (χ4v) is 1.98. The van der Waals surface area contributed by atoms with Gasteiger partial charge in [0.05, 0.1) is 12.8 Å². The van der Waals surface area contributed by atoms with Gasteiger partial charge in [-0.3, -0.25) is 0 Å². The summed E-state index contributed by atoms with van der Waals surface area (Å²) in [6, 6.07) is 10.3. The van der Waals surface area contributed by atoms with Crippen LogP contribution in [0.5, 0.6) is 6.01 Å². The quantitative estimate of drug-likeness (QED) is 0.851. The minimum absolute atomic E-state index is 0.212. The highest BCUT2D eigenvalue weighted by molar-refractivity contribution is 5.78. The van der Waals surface area contributed by atoms with E-state index in [9.17, 15) is 4.79 Å². The van der Waals surface area contributed by atoms with E-state index in [0.29, 0.717) is 12.6 Å². The second kappa shape index (κ2) is 6.75. The van der Waals surface area contributed by atoms with Crippen LogP contribution in [0, 0.1) is 6.92 Å². The minimum atomic E-state index is -0.212. The normalized spacial score (nSPS) is 10.3. The molecule has 0 fully saturated rings. The summed E-state index contributed by atoms with van der Waals surface area (Å²) in [5.41, 5.74) is 2.03. The van der Waals surface area contributed by atoms with Gasteiger partial charge in [-0.2, -0.15) is 0 Å². The average molecular weight is 273 g/mol. The van der Waals surface area contributed by atoms with Gasteiger partial charge >= 0.3 is 12.0 Å². The van der Waals surface area contributed by atoms with E-state index in [-0.39, 0.29) is 6.03 Å². The van der Waals surface area contributed by atoms with Crippen molar-refractivity contribution in [3.05, 3.63) is 47.8 Å². The number of nitrogens with one attached hydrogen (secondary N) is 1. The summed E-state index contributed by atoms with van der Waals surface area (Å²) < 4.78 is 6.44. The molecular formula is C15H19N3O2.